The van der Waals surface area contributed by atoms with Crippen LogP contribution < -0.4 is 0 Å². The second kappa shape index (κ2) is 1.72. The number of hydrogen-bond donors (Lipinski definition) is 1. The van der Waals surface area contributed by atoms with Gasteiger partial charge in [-0.15, -0.1) is 0 Å². The first-order valence-electron chi connectivity index (χ1n) is 3.54. The van der Waals surface area contributed by atoms with Gasteiger partial charge in [-0.1, -0.05) is 0 Å². The topological polar surface area (TPSA) is 46.5 Å². The Hall–Kier alpha value is -0.570. The Morgan fingerprint density at radius 2 is 2.40 bits per heavy atom. The number of carboxylic acid groups (broad SMARTS) is 1. The Balaban J connectivity index is 1.98. The van der Waals surface area contributed by atoms with Crippen molar-refractivity contribution in [3.8, 4) is 0 Å². The van der Waals surface area contributed by atoms with Crippen LogP contribution in [0, 0.1) is 5.41 Å². The normalized spacial score (nSPS) is 43.0. The maximum absolute atomic E-state index is 10.3. The van der Waals surface area contributed by atoms with Gasteiger partial charge >= 0.3 is 5.97 Å². The standard InChI is InChI=1S/C7H10O3/c8-6(9)3-7-1-5(2-7)10-4-7/h5H,1-4H2,(H,8,9). The smallest absolute Gasteiger partial charge is 0.303 e. The molecular formula is C7H10O3. The molecule has 0 aromatic rings. The molecule has 1 N–H and O–H groups in total. The van der Waals surface area contributed by atoms with E-state index >= 15 is 0 Å². The number of hydrogen-bond acceptors (Lipinski definition) is 2. The lowest BCUT2D eigenvalue weighted by molar-refractivity contribution is -0.140. The average Bonchev–Trinajstić information content (AvgIpc) is 2.18. The zero-order valence-electron chi connectivity index (χ0n) is 5.67. The summed E-state index contributed by atoms with van der Waals surface area (Å²) in [4.78, 5) is 10.3. The molecule has 0 radical (unpaired) electrons. The van der Waals surface area contributed by atoms with Crippen molar-refractivity contribution in [1.82, 2.24) is 0 Å². The van der Waals surface area contributed by atoms with Crippen LogP contribution in [-0.4, -0.2) is 23.8 Å². The molecule has 2 saturated heterocycles. The highest BCUT2D eigenvalue weighted by Crippen LogP contribution is 2.52. The van der Waals surface area contributed by atoms with E-state index in [1.807, 2.05) is 0 Å². The van der Waals surface area contributed by atoms with Gasteiger partial charge in [-0.3, -0.25) is 4.79 Å². The highest BCUT2D eigenvalue weighted by Gasteiger charge is 2.52. The second-order valence-electron chi connectivity index (χ2n) is 3.41. The Bertz CT molecular complexity index is 164. The summed E-state index contributed by atoms with van der Waals surface area (Å²) in [6, 6.07) is 0. The van der Waals surface area contributed by atoms with E-state index in [1.54, 1.807) is 0 Å². The van der Waals surface area contributed by atoms with E-state index in [4.69, 9.17) is 9.84 Å². The molecule has 2 aliphatic heterocycles. The maximum Gasteiger partial charge on any atom is 0.303 e. The molecule has 3 fully saturated rings. The summed E-state index contributed by atoms with van der Waals surface area (Å²) in [6.45, 7) is 0.671. The lowest BCUT2D eigenvalue weighted by Gasteiger charge is -2.33. The van der Waals surface area contributed by atoms with Gasteiger partial charge in [0.2, 0.25) is 0 Å². The minimum atomic E-state index is -0.691. The quantitative estimate of drug-likeness (QED) is 0.615. The molecule has 56 valence electrons. The van der Waals surface area contributed by atoms with Crippen molar-refractivity contribution in [2.24, 2.45) is 5.41 Å². The molecule has 1 saturated carbocycles. The molecule has 10 heavy (non-hydrogen) atoms. The Labute approximate surface area is 59.0 Å². The zero-order chi connectivity index (χ0) is 7.19. The molecule has 0 unspecified atom stereocenters. The predicted octanol–water partition coefficient (Wildman–Crippen LogP) is 0.640. The van der Waals surface area contributed by atoms with E-state index in [2.05, 4.69) is 0 Å². The fourth-order valence-electron chi connectivity index (χ4n) is 1.95. The number of aliphatic carboxylic acids is 1. The van der Waals surface area contributed by atoms with Gasteiger partial charge in [-0.2, -0.15) is 0 Å². The van der Waals surface area contributed by atoms with Crippen molar-refractivity contribution in [3.63, 3.8) is 0 Å². The van der Waals surface area contributed by atoms with Crippen molar-refractivity contribution >= 4 is 5.97 Å². The zero-order valence-corrected chi connectivity index (χ0v) is 5.67. The second-order valence-corrected chi connectivity index (χ2v) is 3.41. The molecule has 2 heterocycles. The number of carbonyl (C=O) groups is 1. The average molecular weight is 142 g/mol. The number of fused-ring (bicyclic) bond motifs is 1. The molecule has 0 amide bonds. The maximum atomic E-state index is 10.3. The number of carboxylic acids is 1. The van der Waals surface area contributed by atoms with Gasteiger partial charge < -0.3 is 9.84 Å². The van der Waals surface area contributed by atoms with Crippen LogP contribution in [0.2, 0.25) is 0 Å². The van der Waals surface area contributed by atoms with Gasteiger partial charge in [0.25, 0.3) is 0 Å². The van der Waals surface area contributed by atoms with Crippen LogP contribution in [0.1, 0.15) is 19.3 Å². The van der Waals surface area contributed by atoms with Crippen molar-refractivity contribution in [1.29, 1.82) is 0 Å². The lowest BCUT2D eigenvalue weighted by Crippen LogP contribution is -2.34. The summed E-state index contributed by atoms with van der Waals surface area (Å²) in [6.07, 6.45) is 2.63. The van der Waals surface area contributed by atoms with Gasteiger partial charge in [0.1, 0.15) is 0 Å². The first kappa shape index (κ1) is 6.16. The SMILES string of the molecule is O=C(O)CC12COC(C1)C2. The molecule has 0 aromatic heterocycles. The summed E-state index contributed by atoms with van der Waals surface area (Å²) in [5, 5.41) is 8.51. The van der Waals surface area contributed by atoms with E-state index in [1.165, 1.54) is 0 Å². The van der Waals surface area contributed by atoms with Crippen LogP contribution in [0.25, 0.3) is 0 Å². The van der Waals surface area contributed by atoms with E-state index in [0.29, 0.717) is 19.1 Å². The van der Waals surface area contributed by atoms with E-state index in [0.717, 1.165) is 12.8 Å². The lowest BCUT2D eigenvalue weighted by atomic mass is 9.68. The van der Waals surface area contributed by atoms with Gasteiger partial charge in [0, 0.05) is 5.41 Å². The highest BCUT2D eigenvalue weighted by atomic mass is 16.5. The molecule has 1 aliphatic carbocycles. The van der Waals surface area contributed by atoms with Crippen molar-refractivity contribution in [2.75, 3.05) is 6.61 Å². The molecule has 3 nitrogen and oxygen atoms in total. The van der Waals surface area contributed by atoms with Crippen LogP contribution in [0.3, 0.4) is 0 Å². The van der Waals surface area contributed by atoms with Gasteiger partial charge in [-0.25, -0.2) is 0 Å². The molecule has 0 aromatic carbocycles. The van der Waals surface area contributed by atoms with E-state index in [9.17, 15) is 4.79 Å². The van der Waals surface area contributed by atoms with Crippen LogP contribution in [0.4, 0.5) is 0 Å². The minimum Gasteiger partial charge on any atom is -0.481 e. The Morgan fingerprint density at radius 3 is 2.80 bits per heavy atom. The number of rotatable bonds is 2. The summed E-state index contributed by atoms with van der Waals surface area (Å²) < 4.78 is 5.27. The van der Waals surface area contributed by atoms with Crippen molar-refractivity contribution < 1.29 is 14.6 Å². The summed E-state index contributed by atoms with van der Waals surface area (Å²) >= 11 is 0. The van der Waals surface area contributed by atoms with Crippen molar-refractivity contribution in [3.05, 3.63) is 0 Å². The first-order valence-corrected chi connectivity index (χ1v) is 3.54. The predicted molar refractivity (Wildman–Crippen MR) is 33.7 cm³/mol. The minimum absolute atomic E-state index is 0.0382. The molecule has 3 rings (SSSR count). The van der Waals surface area contributed by atoms with Crippen molar-refractivity contribution in [2.45, 2.75) is 25.4 Å². The summed E-state index contributed by atoms with van der Waals surface area (Å²) in [7, 11) is 0. The van der Waals surface area contributed by atoms with Gasteiger partial charge in [0.05, 0.1) is 19.1 Å². The fourth-order valence-corrected chi connectivity index (χ4v) is 1.95. The fraction of sp³-hybridized carbons (Fsp3) is 0.857. The van der Waals surface area contributed by atoms with Gasteiger partial charge in [0.15, 0.2) is 0 Å². The van der Waals surface area contributed by atoms with Crippen LogP contribution in [0.15, 0.2) is 0 Å². The number of ether oxygens (including phenoxy) is 1. The first-order chi connectivity index (χ1) is 4.70. The van der Waals surface area contributed by atoms with Crippen LogP contribution in [-0.2, 0) is 9.53 Å². The third kappa shape index (κ3) is 0.736. The largest absolute Gasteiger partial charge is 0.481 e. The molecule has 0 spiro atoms. The summed E-state index contributed by atoms with van der Waals surface area (Å²) in [5.74, 6) is -0.691. The van der Waals surface area contributed by atoms with Crippen LogP contribution in [0.5, 0.6) is 0 Å². The third-order valence-electron chi connectivity index (χ3n) is 2.47. The monoisotopic (exact) mass is 142 g/mol. The highest BCUT2D eigenvalue weighted by molar-refractivity contribution is 5.68. The molecular weight excluding hydrogens is 132 g/mol. The Kier molecular flexibility index (Phi) is 1.06. The molecule has 3 aliphatic rings. The molecule has 3 heteroatoms. The van der Waals surface area contributed by atoms with Crippen LogP contribution >= 0.6 is 0 Å². The van der Waals surface area contributed by atoms with Gasteiger partial charge in [-0.05, 0) is 12.8 Å². The van der Waals surface area contributed by atoms with E-state index < -0.39 is 5.97 Å². The molecule has 0 atom stereocenters. The third-order valence-corrected chi connectivity index (χ3v) is 2.47. The summed E-state index contributed by atoms with van der Waals surface area (Å²) in [5.41, 5.74) is 0.0382. The van der Waals surface area contributed by atoms with E-state index in [-0.39, 0.29) is 5.41 Å². The Morgan fingerprint density at radius 1 is 1.70 bits per heavy atom. The molecule has 2 bridgehead atoms.